The van der Waals surface area contributed by atoms with Gasteiger partial charge < -0.3 is 0 Å². The molecular formula is C15H30. The summed E-state index contributed by atoms with van der Waals surface area (Å²) in [7, 11) is 0. The van der Waals surface area contributed by atoms with E-state index in [1.807, 2.05) is 0 Å². The minimum absolute atomic E-state index is 0.661. The van der Waals surface area contributed by atoms with Crippen LogP contribution >= 0.6 is 0 Å². The Hall–Kier alpha value is 0. The van der Waals surface area contributed by atoms with Crippen molar-refractivity contribution in [1.29, 1.82) is 0 Å². The maximum Gasteiger partial charge on any atom is -0.0215 e. The molecule has 15 heavy (non-hydrogen) atoms. The number of hydrogen-bond donors (Lipinski definition) is 0. The zero-order valence-corrected chi connectivity index (χ0v) is 11.7. The molecule has 0 saturated heterocycles. The van der Waals surface area contributed by atoms with Gasteiger partial charge in [-0.2, -0.15) is 0 Å². The normalized spacial score (nSPS) is 38.8. The van der Waals surface area contributed by atoms with Gasteiger partial charge in [0.2, 0.25) is 0 Å². The Morgan fingerprint density at radius 1 is 1.07 bits per heavy atom. The highest BCUT2D eigenvalue weighted by Gasteiger charge is 2.63. The van der Waals surface area contributed by atoms with E-state index < -0.39 is 0 Å². The first-order chi connectivity index (χ1) is 6.95. The van der Waals surface area contributed by atoms with Crippen molar-refractivity contribution in [3.05, 3.63) is 0 Å². The topological polar surface area (TPSA) is 0 Å². The molecule has 1 aliphatic carbocycles. The SMILES string of the molecule is CCC(C)CC(C)C1(CC)CC1(C)CC. The third-order valence-corrected chi connectivity index (χ3v) is 5.59. The number of rotatable bonds is 6. The fourth-order valence-corrected chi connectivity index (χ4v) is 3.79. The Kier molecular flexibility index (Phi) is 3.90. The standard InChI is InChI=1S/C15H30/c1-7-12(4)10-13(5)15(9-3)11-14(15,6)8-2/h12-13H,7-11H2,1-6H3. The maximum absolute atomic E-state index is 2.50. The van der Waals surface area contributed by atoms with Crippen molar-refractivity contribution < 1.29 is 0 Å². The summed E-state index contributed by atoms with van der Waals surface area (Å²) in [5.74, 6) is 1.83. The molecule has 4 atom stereocenters. The van der Waals surface area contributed by atoms with Gasteiger partial charge in [0.05, 0.1) is 0 Å². The molecule has 90 valence electrons. The first kappa shape index (κ1) is 13.1. The lowest BCUT2D eigenvalue weighted by atomic mass is 9.76. The van der Waals surface area contributed by atoms with Crippen LogP contribution in [-0.4, -0.2) is 0 Å². The van der Waals surface area contributed by atoms with E-state index >= 15 is 0 Å². The lowest BCUT2D eigenvalue weighted by Crippen LogP contribution is -2.21. The molecule has 0 N–H and O–H groups in total. The Bertz CT molecular complexity index is 208. The molecule has 0 bridgehead atoms. The number of hydrogen-bond acceptors (Lipinski definition) is 0. The summed E-state index contributed by atoms with van der Waals surface area (Å²) in [5.41, 5.74) is 1.35. The second-order valence-corrected chi connectivity index (χ2v) is 6.25. The molecule has 4 unspecified atom stereocenters. The van der Waals surface area contributed by atoms with E-state index in [2.05, 4.69) is 41.5 Å². The van der Waals surface area contributed by atoms with E-state index in [1.54, 1.807) is 0 Å². The first-order valence-electron chi connectivity index (χ1n) is 6.95. The Labute approximate surface area is 96.8 Å². The minimum Gasteiger partial charge on any atom is -0.0651 e. The van der Waals surface area contributed by atoms with Crippen molar-refractivity contribution in [2.45, 2.75) is 73.6 Å². The lowest BCUT2D eigenvalue weighted by Gasteiger charge is -2.29. The van der Waals surface area contributed by atoms with E-state index in [4.69, 9.17) is 0 Å². The largest absolute Gasteiger partial charge is 0.0651 e. The summed E-state index contributed by atoms with van der Waals surface area (Å²) in [6.45, 7) is 14.5. The molecule has 0 heterocycles. The van der Waals surface area contributed by atoms with E-state index in [0.717, 1.165) is 11.8 Å². The second kappa shape index (κ2) is 4.47. The van der Waals surface area contributed by atoms with Crippen LogP contribution in [0.1, 0.15) is 73.6 Å². The van der Waals surface area contributed by atoms with Crippen LogP contribution in [0.5, 0.6) is 0 Å². The van der Waals surface area contributed by atoms with Crippen LogP contribution in [0, 0.1) is 22.7 Å². The highest BCUT2D eigenvalue weighted by Crippen LogP contribution is 2.72. The molecule has 0 aliphatic heterocycles. The molecular weight excluding hydrogens is 180 g/mol. The molecule has 0 aromatic rings. The van der Waals surface area contributed by atoms with Gasteiger partial charge in [0.25, 0.3) is 0 Å². The predicted molar refractivity (Wildman–Crippen MR) is 69.0 cm³/mol. The van der Waals surface area contributed by atoms with Crippen LogP contribution in [-0.2, 0) is 0 Å². The van der Waals surface area contributed by atoms with Crippen LogP contribution in [0.25, 0.3) is 0 Å². The van der Waals surface area contributed by atoms with Crippen molar-refractivity contribution in [1.82, 2.24) is 0 Å². The average molecular weight is 210 g/mol. The van der Waals surface area contributed by atoms with Gasteiger partial charge in [-0.05, 0) is 41.9 Å². The van der Waals surface area contributed by atoms with Crippen molar-refractivity contribution in [2.75, 3.05) is 0 Å². The fourth-order valence-electron chi connectivity index (χ4n) is 3.79. The highest BCUT2D eigenvalue weighted by molar-refractivity contribution is 5.12. The predicted octanol–water partition coefficient (Wildman–Crippen LogP) is 5.28. The molecule has 1 rings (SSSR count). The zero-order chi connectivity index (χ0) is 11.7. The zero-order valence-electron chi connectivity index (χ0n) is 11.7. The molecule has 0 heteroatoms. The van der Waals surface area contributed by atoms with Gasteiger partial charge in [-0.25, -0.2) is 0 Å². The maximum atomic E-state index is 2.50. The summed E-state index contributed by atoms with van der Waals surface area (Å²) in [5, 5.41) is 0. The molecule has 0 aromatic heterocycles. The van der Waals surface area contributed by atoms with Crippen molar-refractivity contribution in [3.8, 4) is 0 Å². The van der Waals surface area contributed by atoms with Crippen LogP contribution in [0.3, 0.4) is 0 Å². The fraction of sp³-hybridized carbons (Fsp3) is 1.00. The molecule has 0 radical (unpaired) electrons. The van der Waals surface area contributed by atoms with Gasteiger partial charge in [-0.15, -0.1) is 0 Å². The van der Waals surface area contributed by atoms with Crippen LogP contribution in [0.2, 0.25) is 0 Å². The first-order valence-corrected chi connectivity index (χ1v) is 6.95. The van der Waals surface area contributed by atoms with Crippen molar-refractivity contribution in [2.24, 2.45) is 22.7 Å². The van der Waals surface area contributed by atoms with E-state index in [-0.39, 0.29) is 0 Å². The molecule has 0 spiro atoms. The van der Waals surface area contributed by atoms with Gasteiger partial charge in [0.15, 0.2) is 0 Å². The van der Waals surface area contributed by atoms with Gasteiger partial charge in [0, 0.05) is 0 Å². The molecule has 1 fully saturated rings. The van der Waals surface area contributed by atoms with Gasteiger partial charge in [0.1, 0.15) is 0 Å². The van der Waals surface area contributed by atoms with Crippen molar-refractivity contribution in [3.63, 3.8) is 0 Å². The van der Waals surface area contributed by atoms with Crippen LogP contribution in [0.4, 0.5) is 0 Å². The quantitative estimate of drug-likeness (QED) is 0.560. The summed E-state index contributed by atoms with van der Waals surface area (Å²) >= 11 is 0. The van der Waals surface area contributed by atoms with Gasteiger partial charge in [-0.3, -0.25) is 0 Å². The van der Waals surface area contributed by atoms with Gasteiger partial charge in [-0.1, -0.05) is 54.4 Å². The van der Waals surface area contributed by atoms with Crippen molar-refractivity contribution >= 4 is 0 Å². The van der Waals surface area contributed by atoms with Gasteiger partial charge >= 0.3 is 0 Å². The van der Waals surface area contributed by atoms with Crippen LogP contribution < -0.4 is 0 Å². The molecule has 0 nitrogen and oxygen atoms in total. The Morgan fingerprint density at radius 2 is 1.67 bits per heavy atom. The summed E-state index contributed by atoms with van der Waals surface area (Å²) in [4.78, 5) is 0. The molecule has 1 saturated carbocycles. The lowest BCUT2D eigenvalue weighted by molar-refractivity contribution is 0.201. The minimum atomic E-state index is 0.661. The highest BCUT2D eigenvalue weighted by atomic mass is 14.7. The monoisotopic (exact) mass is 210 g/mol. The van der Waals surface area contributed by atoms with E-state index in [0.29, 0.717) is 10.8 Å². The summed E-state index contributed by atoms with van der Waals surface area (Å²) < 4.78 is 0. The third kappa shape index (κ3) is 2.10. The average Bonchev–Trinajstić information content (AvgIpc) is 2.86. The van der Waals surface area contributed by atoms with E-state index in [1.165, 1.54) is 32.1 Å². The smallest absolute Gasteiger partial charge is 0.0215 e. The molecule has 0 amide bonds. The molecule has 1 aliphatic rings. The van der Waals surface area contributed by atoms with E-state index in [9.17, 15) is 0 Å². The van der Waals surface area contributed by atoms with Crippen LogP contribution in [0.15, 0.2) is 0 Å². The third-order valence-electron chi connectivity index (χ3n) is 5.59. The Balaban J connectivity index is 2.62. The molecule has 0 aromatic carbocycles. The second-order valence-electron chi connectivity index (χ2n) is 6.25. The summed E-state index contributed by atoms with van der Waals surface area (Å²) in [6.07, 6.45) is 7.00. The summed E-state index contributed by atoms with van der Waals surface area (Å²) in [6, 6.07) is 0. The Morgan fingerprint density at radius 3 is 2.00 bits per heavy atom.